The van der Waals surface area contributed by atoms with Gasteiger partial charge in [-0.05, 0) is 18.0 Å². The molecule has 13 heavy (non-hydrogen) atoms. The third-order valence-electron chi connectivity index (χ3n) is 1.49. The van der Waals surface area contributed by atoms with Crippen LogP contribution >= 0.6 is 34.1 Å². The van der Waals surface area contributed by atoms with Crippen LogP contribution in [0.5, 0.6) is 0 Å². The standard InChI is InChI=1S/C6H5IN4OS/c1-2-3-4(13-11-8-3)5-9-10-6(7)12-5/h2H2,1H3. The van der Waals surface area contributed by atoms with Crippen LogP contribution in [-0.2, 0) is 6.42 Å². The lowest BCUT2D eigenvalue weighted by molar-refractivity contribution is 0.537. The maximum absolute atomic E-state index is 5.27. The predicted octanol–water partition coefficient (Wildman–Crippen LogP) is 1.76. The monoisotopic (exact) mass is 308 g/mol. The van der Waals surface area contributed by atoms with Crippen molar-refractivity contribution in [2.24, 2.45) is 0 Å². The van der Waals surface area contributed by atoms with Gasteiger partial charge in [-0.1, -0.05) is 11.4 Å². The quantitative estimate of drug-likeness (QED) is 0.791. The summed E-state index contributed by atoms with van der Waals surface area (Å²) in [5.41, 5.74) is 0.907. The molecule has 2 rings (SSSR count). The molecule has 0 amide bonds. The van der Waals surface area contributed by atoms with Gasteiger partial charge in [-0.15, -0.1) is 15.3 Å². The normalized spacial score (nSPS) is 10.6. The SMILES string of the molecule is CCc1nnsc1-c1nnc(I)o1. The Bertz CT molecular complexity index is 412. The summed E-state index contributed by atoms with van der Waals surface area (Å²) < 4.78 is 9.64. The van der Waals surface area contributed by atoms with E-state index in [9.17, 15) is 0 Å². The molecule has 2 heterocycles. The van der Waals surface area contributed by atoms with Crippen LogP contribution in [-0.4, -0.2) is 19.8 Å². The summed E-state index contributed by atoms with van der Waals surface area (Å²) in [4.78, 5) is 0.873. The molecule has 68 valence electrons. The molecule has 2 aromatic heterocycles. The molecule has 0 unspecified atom stereocenters. The Kier molecular flexibility index (Phi) is 2.54. The van der Waals surface area contributed by atoms with Gasteiger partial charge in [-0.3, -0.25) is 0 Å². The summed E-state index contributed by atoms with van der Waals surface area (Å²) in [6.45, 7) is 2.02. The van der Waals surface area contributed by atoms with Crippen molar-refractivity contribution in [3.63, 3.8) is 0 Å². The van der Waals surface area contributed by atoms with E-state index in [-0.39, 0.29) is 0 Å². The van der Waals surface area contributed by atoms with Crippen molar-refractivity contribution in [3.05, 3.63) is 9.59 Å². The summed E-state index contributed by atoms with van der Waals surface area (Å²) in [7, 11) is 0. The van der Waals surface area contributed by atoms with E-state index in [0.29, 0.717) is 9.79 Å². The minimum Gasteiger partial charge on any atom is -0.411 e. The van der Waals surface area contributed by atoms with Crippen LogP contribution in [0.2, 0.25) is 0 Å². The molecule has 7 heteroatoms. The second-order valence-corrected chi connectivity index (χ2v) is 3.94. The van der Waals surface area contributed by atoms with Gasteiger partial charge in [0.05, 0.1) is 5.69 Å². The van der Waals surface area contributed by atoms with Crippen LogP contribution in [0.1, 0.15) is 12.6 Å². The second-order valence-electron chi connectivity index (χ2n) is 2.26. The lowest BCUT2D eigenvalue weighted by Crippen LogP contribution is -1.84. The van der Waals surface area contributed by atoms with Gasteiger partial charge >= 0.3 is 0 Å². The average Bonchev–Trinajstić information content (AvgIpc) is 2.71. The van der Waals surface area contributed by atoms with Crippen molar-refractivity contribution in [2.45, 2.75) is 13.3 Å². The molecule has 0 N–H and O–H groups in total. The number of halogens is 1. The lowest BCUT2D eigenvalue weighted by atomic mass is 10.3. The van der Waals surface area contributed by atoms with Gasteiger partial charge in [0.25, 0.3) is 9.79 Å². The van der Waals surface area contributed by atoms with Crippen LogP contribution in [0.15, 0.2) is 4.42 Å². The van der Waals surface area contributed by atoms with E-state index >= 15 is 0 Å². The zero-order valence-electron chi connectivity index (χ0n) is 6.69. The fraction of sp³-hybridized carbons (Fsp3) is 0.333. The molecule has 2 aromatic rings. The van der Waals surface area contributed by atoms with Crippen LogP contribution in [0.4, 0.5) is 0 Å². The molecule has 0 aliphatic carbocycles. The minimum atomic E-state index is 0.510. The molecule has 5 nitrogen and oxygen atoms in total. The van der Waals surface area contributed by atoms with E-state index in [2.05, 4.69) is 19.8 Å². The van der Waals surface area contributed by atoms with E-state index in [4.69, 9.17) is 4.42 Å². The van der Waals surface area contributed by atoms with Crippen LogP contribution in [0, 0.1) is 3.90 Å². The van der Waals surface area contributed by atoms with E-state index in [1.54, 1.807) is 0 Å². The van der Waals surface area contributed by atoms with E-state index in [1.807, 2.05) is 29.5 Å². The maximum Gasteiger partial charge on any atom is 0.278 e. The van der Waals surface area contributed by atoms with Crippen molar-refractivity contribution in [1.29, 1.82) is 0 Å². The molecule has 0 atom stereocenters. The Labute approximate surface area is 91.9 Å². The molecule has 0 fully saturated rings. The van der Waals surface area contributed by atoms with Gasteiger partial charge in [-0.25, -0.2) is 0 Å². The summed E-state index contributed by atoms with van der Waals surface area (Å²) in [5, 5.41) is 11.6. The predicted molar refractivity (Wildman–Crippen MR) is 55.3 cm³/mol. The summed E-state index contributed by atoms with van der Waals surface area (Å²) in [5.74, 6) is 0.510. The van der Waals surface area contributed by atoms with Gasteiger partial charge in [0.15, 0.2) is 0 Å². The smallest absolute Gasteiger partial charge is 0.278 e. The molecular weight excluding hydrogens is 303 g/mol. The second kappa shape index (κ2) is 3.66. The van der Waals surface area contributed by atoms with Crippen LogP contribution < -0.4 is 0 Å². The van der Waals surface area contributed by atoms with E-state index < -0.39 is 0 Å². The Balaban J connectivity index is 2.45. The molecule has 0 bridgehead atoms. The Hall–Kier alpha value is -0.570. The fourth-order valence-electron chi connectivity index (χ4n) is 0.899. The average molecular weight is 308 g/mol. The lowest BCUT2D eigenvalue weighted by Gasteiger charge is -1.89. The zero-order chi connectivity index (χ0) is 9.26. The highest BCUT2D eigenvalue weighted by molar-refractivity contribution is 14.1. The third-order valence-corrected chi connectivity index (χ3v) is 2.68. The molecule has 0 radical (unpaired) electrons. The maximum atomic E-state index is 5.27. The number of hydrogen-bond acceptors (Lipinski definition) is 6. The third kappa shape index (κ3) is 1.70. The first kappa shape index (κ1) is 9.00. The first-order chi connectivity index (χ1) is 6.31. The highest BCUT2D eigenvalue weighted by Crippen LogP contribution is 2.25. The Morgan fingerprint density at radius 1 is 1.38 bits per heavy atom. The summed E-state index contributed by atoms with van der Waals surface area (Å²) >= 11 is 3.25. The van der Waals surface area contributed by atoms with Crippen molar-refractivity contribution >= 4 is 34.1 Å². The largest absolute Gasteiger partial charge is 0.411 e. The molecule has 0 spiro atoms. The fourth-order valence-corrected chi connectivity index (χ4v) is 1.89. The number of aryl methyl sites for hydroxylation is 1. The van der Waals surface area contributed by atoms with Crippen molar-refractivity contribution in [3.8, 4) is 10.8 Å². The molecular formula is C6H5IN4OS. The first-order valence-corrected chi connectivity index (χ1v) is 5.47. The molecule has 0 saturated carbocycles. The van der Waals surface area contributed by atoms with Crippen molar-refractivity contribution in [1.82, 2.24) is 19.8 Å². The number of aromatic nitrogens is 4. The Morgan fingerprint density at radius 2 is 2.23 bits per heavy atom. The number of rotatable bonds is 2. The van der Waals surface area contributed by atoms with Gasteiger partial charge < -0.3 is 4.42 Å². The van der Waals surface area contributed by atoms with E-state index in [0.717, 1.165) is 17.0 Å². The van der Waals surface area contributed by atoms with Gasteiger partial charge in [0.2, 0.25) is 0 Å². The van der Waals surface area contributed by atoms with Crippen LogP contribution in [0.3, 0.4) is 0 Å². The number of hydrogen-bond donors (Lipinski definition) is 0. The van der Waals surface area contributed by atoms with E-state index in [1.165, 1.54) is 11.5 Å². The molecule has 0 aliphatic rings. The molecule has 0 aliphatic heterocycles. The van der Waals surface area contributed by atoms with Gasteiger partial charge in [0, 0.05) is 22.6 Å². The minimum absolute atomic E-state index is 0.510. The molecule has 0 saturated heterocycles. The summed E-state index contributed by atoms with van der Waals surface area (Å²) in [6, 6.07) is 0. The Morgan fingerprint density at radius 3 is 2.85 bits per heavy atom. The summed E-state index contributed by atoms with van der Waals surface area (Å²) in [6.07, 6.45) is 0.824. The van der Waals surface area contributed by atoms with Crippen LogP contribution in [0.25, 0.3) is 10.8 Å². The highest BCUT2D eigenvalue weighted by Gasteiger charge is 2.14. The van der Waals surface area contributed by atoms with Crippen molar-refractivity contribution < 1.29 is 4.42 Å². The van der Waals surface area contributed by atoms with Gasteiger partial charge in [-0.2, -0.15) is 0 Å². The molecule has 0 aromatic carbocycles. The van der Waals surface area contributed by atoms with Crippen molar-refractivity contribution in [2.75, 3.05) is 0 Å². The zero-order valence-corrected chi connectivity index (χ0v) is 9.66. The highest BCUT2D eigenvalue weighted by atomic mass is 127. The first-order valence-electron chi connectivity index (χ1n) is 3.62. The van der Waals surface area contributed by atoms with Gasteiger partial charge in [0.1, 0.15) is 4.88 Å². The topological polar surface area (TPSA) is 64.7 Å². The number of nitrogens with zero attached hydrogens (tertiary/aromatic N) is 4.